The first-order valence-electron chi connectivity index (χ1n) is 6.34. The maximum atomic E-state index is 5.51. The third kappa shape index (κ3) is 3.16. The first-order valence-corrected chi connectivity index (χ1v) is 6.34. The lowest BCUT2D eigenvalue weighted by atomic mass is 10.4. The Kier molecular flexibility index (Phi) is 4.46. The molecule has 0 aliphatic carbocycles. The Hall–Kier alpha value is -1.69. The summed E-state index contributed by atoms with van der Waals surface area (Å²) in [6, 6.07) is 0. The molecule has 0 aliphatic rings. The fraction of sp³-hybridized carbons (Fsp3) is 0.583. The number of nitrogens with one attached hydrogen (secondary N) is 1. The average molecular weight is 249 g/mol. The molecule has 1 N–H and O–H groups in total. The topological polar surface area (TPSA) is 68.8 Å². The maximum absolute atomic E-state index is 5.51. The Bertz CT molecular complexity index is 476. The molecule has 2 aromatic rings. The highest BCUT2D eigenvalue weighted by molar-refractivity contribution is 4.93. The van der Waals surface area contributed by atoms with Crippen molar-refractivity contribution < 1.29 is 4.42 Å². The first-order chi connectivity index (χ1) is 8.83. The Morgan fingerprint density at radius 3 is 2.89 bits per heavy atom. The van der Waals surface area contributed by atoms with Gasteiger partial charge in [-0.25, -0.2) is 14.6 Å². The van der Waals surface area contributed by atoms with Gasteiger partial charge in [-0.3, -0.25) is 0 Å². The summed E-state index contributed by atoms with van der Waals surface area (Å²) in [5, 5.41) is 7.44. The minimum Gasteiger partial charge on any atom is -0.444 e. The fourth-order valence-electron chi connectivity index (χ4n) is 1.70. The average Bonchev–Trinajstić information content (AvgIpc) is 3.00. The molecule has 6 nitrogen and oxygen atoms in total. The van der Waals surface area contributed by atoms with Gasteiger partial charge in [-0.15, -0.1) is 0 Å². The van der Waals surface area contributed by atoms with E-state index in [4.69, 9.17) is 4.42 Å². The van der Waals surface area contributed by atoms with Crippen LogP contribution < -0.4 is 5.32 Å². The van der Waals surface area contributed by atoms with Crippen LogP contribution in [0.3, 0.4) is 0 Å². The zero-order valence-electron chi connectivity index (χ0n) is 10.9. The van der Waals surface area contributed by atoms with Gasteiger partial charge in [0.1, 0.15) is 17.9 Å². The maximum Gasteiger partial charge on any atom is 0.208 e. The highest BCUT2D eigenvalue weighted by Gasteiger charge is 2.05. The van der Waals surface area contributed by atoms with Crippen LogP contribution in [0.25, 0.3) is 0 Å². The van der Waals surface area contributed by atoms with E-state index in [2.05, 4.69) is 27.3 Å². The summed E-state index contributed by atoms with van der Waals surface area (Å²) in [4.78, 5) is 8.42. The monoisotopic (exact) mass is 249 g/mol. The largest absolute Gasteiger partial charge is 0.444 e. The summed E-state index contributed by atoms with van der Waals surface area (Å²) in [6.45, 7) is 6.35. The van der Waals surface area contributed by atoms with Crippen LogP contribution in [-0.2, 0) is 26.1 Å². The first kappa shape index (κ1) is 12.8. The molecule has 6 heteroatoms. The van der Waals surface area contributed by atoms with Crippen LogP contribution in [0.15, 0.2) is 16.9 Å². The van der Waals surface area contributed by atoms with E-state index in [1.165, 1.54) is 0 Å². The van der Waals surface area contributed by atoms with Gasteiger partial charge in [-0.05, 0) is 6.42 Å². The number of oxazole rings is 1. The van der Waals surface area contributed by atoms with Crippen molar-refractivity contribution in [2.24, 2.45) is 0 Å². The lowest BCUT2D eigenvalue weighted by molar-refractivity contribution is 0.433. The SMILES string of the molecule is CCCn1ncnc1CNCc1ncc(CC)o1. The van der Waals surface area contributed by atoms with E-state index in [1.807, 2.05) is 11.6 Å². The lowest BCUT2D eigenvalue weighted by Crippen LogP contribution is -2.17. The van der Waals surface area contributed by atoms with E-state index in [0.29, 0.717) is 19.0 Å². The van der Waals surface area contributed by atoms with Crippen LogP contribution in [0.1, 0.15) is 37.7 Å². The predicted molar refractivity (Wildman–Crippen MR) is 66.7 cm³/mol. The van der Waals surface area contributed by atoms with Crippen LogP contribution in [-0.4, -0.2) is 19.7 Å². The van der Waals surface area contributed by atoms with Crippen LogP contribution in [0.5, 0.6) is 0 Å². The molecular weight excluding hydrogens is 230 g/mol. The van der Waals surface area contributed by atoms with Crippen molar-refractivity contribution in [2.75, 3.05) is 0 Å². The summed E-state index contributed by atoms with van der Waals surface area (Å²) in [7, 11) is 0. The van der Waals surface area contributed by atoms with Crippen molar-refractivity contribution in [1.29, 1.82) is 0 Å². The number of nitrogens with zero attached hydrogens (tertiary/aromatic N) is 4. The van der Waals surface area contributed by atoms with E-state index in [0.717, 1.165) is 31.0 Å². The molecule has 0 fully saturated rings. The molecule has 0 amide bonds. The van der Waals surface area contributed by atoms with Crippen LogP contribution in [0.4, 0.5) is 0 Å². The second kappa shape index (κ2) is 6.30. The van der Waals surface area contributed by atoms with Crippen molar-refractivity contribution in [3.8, 4) is 0 Å². The molecular formula is C12H19N5O. The number of rotatable bonds is 7. The molecule has 0 bridgehead atoms. The van der Waals surface area contributed by atoms with Gasteiger partial charge in [0, 0.05) is 13.0 Å². The smallest absolute Gasteiger partial charge is 0.208 e. The molecule has 0 saturated heterocycles. The molecule has 0 saturated carbocycles. The van der Waals surface area contributed by atoms with Crippen LogP contribution in [0, 0.1) is 0 Å². The number of hydrogen-bond donors (Lipinski definition) is 1. The van der Waals surface area contributed by atoms with Crippen molar-refractivity contribution >= 4 is 0 Å². The quantitative estimate of drug-likeness (QED) is 0.806. The standard InChI is InChI=1S/C12H19N5O/c1-3-5-17-11(15-9-16-17)7-13-8-12-14-6-10(4-2)18-12/h6,9,13H,3-5,7-8H2,1-2H3. The van der Waals surface area contributed by atoms with Gasteiger partial charge in [0.25, 0.3) is 0 Å². The lowest BCUT2D eigenvalue weighted by Gasteiger charge is -2.04. The van der Waals surface area contributed by atoms with Crippen LogP contribution >= 0.6 is 0 Å². The summed E-state index contributed by atoms with van der Waals surface area (Å²) >= 11 is 0. The minimum atomic E-state index is 0.610. The number of aryl methyl sites for hydroxylation is 2. The molecule has 2 heterocycles. The summed E-state index contributed by atoms with van der Waals surface area (Å²) in [5.41, 5.74) is 0. The van der Waals surface area contributed by atoms with E-state index in [-0.39, 0.29) is 0 Å². The van der Waals surface area contributed by atoms with Crippen molar-refractivity contribution in [1.82, 2.24) is 25.1 Å². The molecule has 2 aromatic heterocycles. The number of hydrogen-bond acceptors (Lipinski definition) is 5. The van der Waals surface area contributed by atoms with Crippen molar-refractivity contribution in [3.63, 3.8) is 0 Å². The number of aromatic nitrogens is 4. The Morgan fingerprint density at radius 2 is 2.17 bits per heavy atom. The van der Waals surface area contributed by atoms with Gasteiger partial charge in [0.15, 0.2) is 0 Å². The molecule has 2 rings (SSSR count). The Morgan fingerprint density at radius 1 is 1.28 bits per heavy atom. The second-order valence-electron chi connectivity index (χ2n) is 4.08. The van der Waals surface area contributed by atoms with E-state index < -0.39 is 0 Å². The zero-order valence-corrected chi connectivity index (χ0v) is 10.9. The summed E-state index contributed by atoms with van der Waals surface area (Å²) in [6.07, 6.45) is 5.29. The van der Waals surface area contributed by atoms with Gasteiger partial charge >= 0.3 is 0 Å². The normalized spacial score (nSPS) is 11.0. The van der Waals surface area contributed by atoms with E-state index >= 15 is 0 Å². The molecule has 0 spiro atoms. The molecule has 0 atom stereocenters. The Balaban J connectivity index is 1.82. The molecule has 0 aliphatic heterocycles. The highest BCUT2D eigenvalue weighted by Crippen LogP contribution is 2.04. The van der Waals surface area contributed by atoms with Gasteiger partial charge in [-0.2, -0.15) is 5.10 Å². The summed E-state index contributed by atoms with van der Waals surface area (Å²) in [5.74, 6) is 2.58. The molecule has 0 unspecified atom stereocenters. The highest BCUT2D eigenvalue weighted by atomic mass is 16.4. The summed E-state index contributed by atoms with van der Waals surface area (Å²) < 4.78 is 7.43. The predicted octanol–water partition coefficient (Wildman–Crippen LogP) is 1.53. The van der Waals surface area contributed by atoms with Gasteiger partial charge in [-0.1, -0.05) is 13.8 Å². The van der Waals surface area contributed by atoms with Gasteiger partial charge in [0.05, 0.1) is 19.3 Å². The van der Waals surface area contributed by atoms with Gasteiger partial charge < -0.3 is 9.73 Å². The van der Waals surface area contributed by atoms with Crippen LogP contribution in [0.2, 0.25) is 0 Å². The zero-order chi connectivity index (χ0) is 12.8. The third-order valence-electron chi connectivity index (χ3n) is 2.64. The van der Waals surface area contributed by atoms with E-state index in [1.54, 1.807) is 12.5 Å². The molecule has 98 valence electrons. The molecule has 18 heavy (non-hydrogen) atoms. The third-order valence-corrected chi connectivity index (χ3v) is 2.64. The van der Waals surface area contributed by atoms with Crippen molar-refractivity contribution in [2.45, 2.75) is 46.3 Å². The Labute approximate surface area is 106 Å². The second-order valence-corrected chi connectivity index (χ2v) is 4.08. The molecule has 0 radical (unpaired) electrons. The fourth-order valence-corrected chi connectivity index (χ4v) is 1.70. The van der Waals surface area contributed by atoms with Crippen molar-refractivity contribution in [3.05, 3.63) is 30.0 Å². The molecule has 0 aromatic carbocycles. The van der Waals surface area contributed by atoms with Gasteiger partial charge in [0.2, 0.25) is 5.89 Å². The van der Waals surface area contributed by atoms with E-state index in [9.17, 15) is 0 Å². The minimum absolute atomic E-state index is 0.610.